The lowest BCUT2D eigenvalue weighted by Gasteiger charge is -2.36. The van der Waals surface area contributed by atoms with Crippen molar-refractivity contribution in [3.63, 3.8) is 0 Å². The average molecular weight is 282 g/mol. The zero-order valence-electron chi connectivity index (χ0n) is 12.2. The van der Waals surface area contributed by atoms with Crippen molar-refractivity contribution in [2.75, 3.05) is 45.9 Å². The molecule has 3 heterocycles. The molecule has 3 saturated heterocycles. The van der Waals surface area contributed by atoms with Gasteiger partial charge in [-0.3, -0.25) is 9.69 Å². The summed E-state index contributed by atoms with van der Waals surface area (Å²) in [6.07, 6.45) is 5.17. The van der Waals surface area contributed by atoms with E-state index in [-0.39, 0.29) is 0 Å². The maximum atomic E-state index is 11.7. The van der Waals surface area contributed by atoms with E-state index in [9.17, 15) is 9.90 Å². The Morgan fingerprint density at radius 2 is 1.90 bits per heavy atom. The van der Waals surface area contributed by atoms with Crippen LogP contribution in [0.1, 0.15) is 32.1 Å². The number of aliphatic carboxylic acids is 1. The van der Waals surface area contributed by atoms with Gasteiger partial charge < -0.3 is 14.7 Å². The first-order valence-electron chi connectivity index (χ1n) is 7.97. The van der Waals surface area contributed by atoms with Gasteiger partial charge in [0.25, 0.3) is 0 Å². The second-order valence-corrected chi connectivity index (χ2v) is 6.62. The highest BCUT2D eigenvalue weighted by Crippen LogP contribution is 2.33. The third-order valence-corrected chi connectivity index (χ3v) is 5.33. The van der Waals surface area contributed by atoms with Gasteiger partial charge in [0, 0.05) is 32.3 Å². The van der Waals surface area contributed by atoms with Gasteiger partial charge in [0.2, 0.25) is 0 Å². The van der Waals surface area contributed by atoms with Gasteiger partial charge in [0.1, 0.15) is 0 Å². The number of rotatable bonds is 4. The molecule has 1 unspecified atom stereocenters. The summed E-state index contributed by atoms with van der Waals surface area (Å²) in [6, 6.07) is 0.656. The Morgan fingerprint density at radius 3 is 2.55 bits per heavy atom. The Hall–Kier alpha value is -0.650. The van der Waals surface area contributed by atoms with Gasteiger partial charge >= 0.3 is 5.97 Å². The Bertz CT molecular complexity index is 349. The first-order valence-corrected chi connectivity index (χ1v) is 7.97. The molecule has 20 heavy (non-hydrogen) atoms. The van der Waals surface area contributed by atoms with E-state index in [4.69, 9.17) is 4.74 Å². The molecule has 1 N–H and O–H groups in total. The van der Waals surface area contributed by atoms with Crippen LogP contribution >= 0.6 is 0 Å². The fraction of sp³-hybridized carbons (Fsp3) is 0.933. The number of carbonyl (C=O) groups is 1. The number of carboxylic acids is 1. The van der Waals surface area contributed by atoms with E-state index in [0.29, 0.717) is 38.6 Å². The number of likely N-dealkylation sites (tertiary alicyclic amines) is 2. The predicted octanol–water partition coefficient (Wildman–Crippen LogP) is 1.04. The maximum Gasteiger partial charge on any atom is 0.311 e. The summed E-state index contributed by atoms with van der Waals surface area (Å²) in [4.78, 5) is 16.7. The van der Waals surface area contributed by atoms with Crippen LogP contribution in [-0.4, -0.2) is 72.9 Å². The normalized spacial score (nSPS) is 31.7. The summed E-state index contributed by atoms with van der Waals surface area (Å²) in [7, 11) is 0. The molecule has 0 aromatic carbocycles. The van der Waals surface area contributed by atoms with Gasteiger partial charge in [-0.05, 0) is 51.7 Å². The molecule has 5 heteroatoms. The summed E-state index contributed by atoms with van der Waals surface area (Å²) in [5, 5.41) is 9.63. The largest absolute Gasteiger partial charge is 0.481 e. The lowest BCUT2D eigenvalue weighted by molar-refractivity contribution is -0.156. The first-order chi connectivity index (χ1) is 9.70. The number of carboxylic acid groups (broad SMARTS) is 1. The SMILES string of the molecule is O=C(O)C1(CN2CCC(N3CCCC3)C2)CCOCC1. The second-order valence-electron chi connectivity index (χ2n) is 6.62. The van der Waals surface area contributed by atoms with Crippen LogP contribution in [0.15, 0.2) is 0 Å². The van der Waals surface area contributed by atoms with Crippen molar-refractivity contribution in [2.45, 2.75) is 38.1 Å². The molecule has 3 fully saturated rings. The molecule has 0 saturated carbocycles. The van der Waals surface area contributed by atoms with Gasteiger partial charge in [0.15, 0.2) is 0 Å². The van der Waals surface area contributed by atoms with Crippen molar-refractivity contribution in [2.24, 2.45) is 5.41 Å². The Morgan fingerprint density at radius 1 is 1.20 bits per heavy atom. The highest BCUT2D eigenvalue weighted by molar-refractivity contribution is 5.75. The van der Waals surface area contributed by atoms with Crippen LogP contribution in [0.5, 0.6) is 0 Å². The van der Waals surface area contributed by atoms with E-state index in [0.717, 1.165) is 13.1 Å². The highest BCUT2D eigenvalue weighted by Gasteiger charge is 2.43. The molecule has 1 atom stereocenters. The summed E-state index contributed by atoms with van der Waals surface area (Å²) < 4.78 is 5.35. The van der Waals surface area contributed by atoms with Crippen LogP contribution in [0.3, 0.4) is 0 Å². The van der Waals surface area contributed by atoms with Crippen LogP contribution in [0.25, 0.3) is 0 Å². The number of hydrogen-bond donors (Lipinski definition) is 1. The number of hydrogen-bond acceptors (Lipinski definition) is 4. The molecule has 5 nitrogen and oxygen atoms in total. The molecule has 3 aliphatic heterocycles. The maximum absolute atomic E-state index is 11.7. The summed E-state index contributed by atoms with van der Waals surface area (Å²) in [5.41, 5.74) is -0.571. The molecule has 114 valence electrons. The monoisotopic (exact) mass is 282 g/mol. The molecular weight excluding hydrogens is 256 g/mol. The van der Waals surface area contributed by atoms with Crippen LogP contribution in [0.2, 0.25) is 0 Å². The lowest BCUT2D eigenvalue weighted by Crippen LogP contribution is -2.47. The van der Waals surface area contributed by atoms with E-state index >= 15 is 0 Å². The Balaban J connectivity index is 1.58. The van der Waals surface area contributed by atoms with Crippen LogP contribution < -0.4 is 0 Å². The molecular formula is C15H26N2O3. The summed E-state index contributed by atoms with van der Waals surface area (Å²) >= 11 is 0. The van der Waals surface area contributed by atoms with Crippen molar-refractivity contribution in [1.82, 2.24) is 9.80 Å². The lowest BCUT2D eigenvalue weighted by atomic mass is 9.80. The number of ether oxygens (including phenoxy) is 1. The fourth-order valence-corrected chi connectivity index (χ4v) is 3.99. The zero-order chi connectivity index (χ0) is 14.0. The van der Waals surface area contributed by atoms with Crippen molar-refractivity contribution >= 4 is 5.97 Å². The van der Waals surface area contributed by atoms with E-state index in [1.807, 2.05) is 0 Å². The summed E-state index contributed by atoms with van der Waals surface area (Å²) in [6.45, 7) is 6.46. The highest BCUT2D eigenvalue weighted by atomic mass is 16.5. The van der Waals surface area contributed by atoms with Gasteiger partial charge in [-0.25, -0.2) is 0 Å². The second kappa shape index (κ2) is 6.00. The molecule has 0 aromatic heterocycles. The molecule has 3 rings (SSSR count). The van der Waals surface area contributed by atoms with Crippen LogP contribution in [0, 0.1) is 5.41 Å². The molecule has 0 bridgehead atoms. The van der Waals surface area contributed by atoms with Crippen LogP contribution in [0.4, 0.5) is 0 Å². The standard InChI is InChI=1S/C15H26N2O3/c18-14(19)15(4-9-20-10-5-15)12-16-8-3-13(11-16)17-6-1-2-7-17/h13H,1-12H2,(H,18,19). The van der Waals surface area contributed by atoms with Gasteiger partial charge in [-0.1, -0.05) is 0 Å². The Labute approximate surface area is 120 Å². The first kappa shape index (κ1) is 14.3. The van der Waals surface area contributed by atoms with Gasteiger partial charge in [-0.2, -0.15) is 0 Å². The molecule has 0 aromatic rings. The minimum absolute atomic E-state index is 0.571. The minimum atomic E-state index is -0.634. The van der Waals surface area contributed by atoms with E-state index < -0.39 is 11.4 Å². The van der Waals surface area contributed by atoms with Crippen molar-refractivity contribution in [3.05, 3.63) is 0 Å². The molecule has 0 amide bonds. The summed E-state index contributed by atoms with van der Waals surface area (Å²) in [5.74, 6) is -0.634. The van der Waals surface area contributed by atoms with Crippen molar-refractivity contribution < 1.29 is 14.6 Å². The third kappa shape index (κ3) is 2.85. The van der Waals surface area contributed by atoms with Crippen LogP contribution in [-0.2, 0) is 9.53 Å². The predicted molar refractivity (Wildman–Crippen MR) is 75.8 cm³/mol. The van der Waals surface area contributed by atoms with Gasteiger partial charge in [-0.15, -0.1) is 0 Å². The van der Waals surface area contributed by atoms with E-state index in [1.54, 1.807) is 0 Å². The number of nitrogens with zero attached hydrogens (tertiary/aromatic N) is 2. The minimum Gasteiger partial charge on any atom is -0.481 e. The molecule has 0 spiro atoms. The van der Waals surface area contributed by atoms with Gasteiger partial charge in [0.05, 0.1) is 5.41 Å². The topological polar surface area (TPSA) is 53.0 Å². The Kier molecular flexibility index (Phi) is 4.29. The smallest absolute Gasteiger partial charge is 0.311 e. The van der Waals surface area contributed by atoms with E-state index in [1.165, 1.54) is 32.4 Å². The zero-order valence-corrected chi connectivity index (χ0v) is 12.2. The van der Waals surface area contributed by atoms with Crippen molar-refractivity contribution in [1.29, 1.82) is 0 Å². The molecule has 3 aliphatic rings. The van der Waals surface area contributed by atoms with Crippen molar-refractivity contribution in [3.8, 4) is 0 Å². The van der Waals surface area contributed by atoms with E-state index in [2.05, 4.69) is 9.80 Å². The third-order valence-electron chi connectivity index (χ3n) is 5.33. The molecule has 0 radical (unpaired) electrons. The molecule has 0 aliphatic carbocycles. The quantitative estimate of drug-likeness (QED) is 0.835. The average Bonchev–Trinajstić information content (AvgIpc) is 3.10. The fourth-order valence-electron chi connectivity index (χ4n) is 3.99.